The van der Waals surface area contributed by atoms with Crippen LogP contribution in [-0.2, 0) is 11.2 Å². The number of carbonyl (C=O) groups excluding carboxylic acids is 1. The van der Waals surface area contributed by atoms with Gasteiger partial charge in [-0.2, -0.15) is 4.98 Å². The summed E-state index contributed by atoms with van der Waals surface area (Å²) in [5, 5.41) is 13.3. The molecule has 5 rings (SSSR count). The maximum Gasteiger partial charge on any atom is 0.255 e. The Morgan fingerprint density at radius 1 is 1.24 bits per heavy atom. The lowest BCUT2D eigenvalue weighted by Crippen LogP contribution is -2.64. The average Bonchev–Trinajstić information content (AvgIpc) is 2.80. The number of aromatic nitrogens is 2. The van der Waals surface area contributed by atoms with E-state index in [0.717, 1.165) is 43.5 Å². The fraction of sp³-hybridized carbons (Fsp3) is 0.522. The van der Waals surface area contributed by atoms with Crippen LogP contribution in [0.25, 0.3) is 0 Å². The zero-order valence-corrected chi connectivity index (χ0v) is 18.9. The van der Waals surface area contributed by atoms with Gasteiger partial charge in [0.15, 0.2) is 23.3 Å². The van der Waals surface area contributed by atoms with Crippen molar-refractivity contribution in [2.75, 3.05) is 41.9 Å². The summed E-state index contributed by atoms with van der Waals surface area (Å²) in [4.78, 5) is 25.8. The third-order valence-electron chi connectivity index (χ3n) is 7.09. The number of likely N-dealkylation sites (N-methyl/N-ethyl adjacent to an activating group) is 1. The lowest BCUT2D eigenvalue weighted by Gasteiger charge is -2.48. The normalized spacial score (nSPS) is 25.6. The third kappa shape index (κ3) is 3.62. The van der Waals surface area contributed by atoms with Gasteiger partial charge in [0.1, 0.15) is 17.0 Å². The molecule has 1 aliphatic carbocycles. The number of amides is 1. The summed E-state index contributed by atoms with van der Waals surface area (Å²) < 4.78 is 45.2. The highest BCUT2D eigenvalue weighted by Crippen LogP contribution is 2.43. The molecule has 182 valence electrons. The number of hydrogen-bond acceptors (Lipinski definition) is 7. The van der Waals surface area contributed by atoms with Gasteiger partial charge in [0.05, 0.1) is 18.9 Å². The molecule has 2 N–H and O–H groups in total. The number of rotatable bonds is 6. The van der Waals surface area contributed by atoms with Crippen molar-refractivity contribution in [3.8, 4) is 5.75 Å². The quantitative estimate of drug-likeness (QED) is 0.619. The molecule has 2 aromatic rings. The number of hydrogen-bond donors (Lipinski definition) is 2. The van der Waals surface area contributed by atoms with Gasteiger partial charge >= 0.3 is 0 Å². The second-order valence-electron chi connectivity index (χ2n) is 9.41. The number of aryl methyl sites for hydroxylation is 1. The molecule has 8 nitrogen and oxygen atoms in total. The molecule has 1 atom stereocenters. The topological polar surface area (TPSA) is 90.8 Å². The van der Waals surface area contributed by atoms with E-state index in [1.165, 1.54) is 0 Å². The Hall–Kier alpha value is -3.08. The zero-order valence-electron chi connectivity index (χ0n) is 18.9. The first kappa shape index (κ1) is 22.7. The molecule has 1 saturated carbocycles. The predicted octanol–water partition coefficient (Wildman–Crippen LogP) is 2.64. The molecule has 1 fully saturated rings. The monoisotopic (exact) mass is 477 g/mol. The summed E-state index contributed by atoms with van der Waals surface area (Å²) in [6.07, 6.45) is 3.01. The van der Waals surface area contributed by atoms with E-state index in [1.54, 1.807) is 23.8 Å². The number of nitrogens with zero attached hydrogens (tertiary/aromatic N) is 4. The molecule has 0 unspecified atom stereocenters. The van der Waals surface area contributed by atoms with Crippen molar-refractivity contribution in [3.63, 3.8) is 0 Å². The Bertz CT molecular complexity index is 1120. The van der Waals surface area contributed by atoms with Crippen molar-refractivity contribution in [2.24, 2.45) is 5.92 Å². The Morgan fingerprint density at radius 3 is 2.62 bits per heavy atom. The second-order valence-corrected chi connectivity index (χ2v) is 9.41. The summed E-state index contributed by atoms with van der Waals surface area (Å²) in [6.45, 7) is 2.21. The van der Waals surface area contributed by atoms with Crippen LogP contribution >= 0.6 is 0 Å². The number of aliphatic hydroxyl groups excluding tert-OH is 1. The van der Waals surface area contributed by atoms with Gasteiger partial charge in [-0.1, -0.05) is 0 Å². The van der Waals surface area contributed by atoms with E-state index in [-0.39, 0.29) is 36.8 Å². The van der Waals surface area contributed by atoms with E-state index in [0.29, 0.717) is 24.0 Å². The zero-order chi connectivity index (χ0) is 24.2. The van der Waals surface area contributed by atoms with Gasteiger partial charge < -0.3 is 25.0 Å². The Balaban J connectivity index is 1.25. The van der Waals surface area contributed by atoms with Gasteiger partial charge in [-0.05, 0) is 38.5 Å². The predicted molar refractivity (Wildman–Crippen MR) is 119 cm³/mol. The summed E-state index contributed by atoms with van der Waals surface area (Å²) >= 11 is 0. The number of carbonyl (C=O) groups is 1. The first-order valence-electron chi connectivity index (χ1n) is 11.3. The van der Waals surface area contributed by atoms with Crippen LogP contribution in [0.5, 0.6) is 5.75 Å². The van der Waals surface area contributed by atoms with Gasteiger partial charge in [0, 0.05) is 31.8 Å². The van der Waals surface area contributed by atoms with Gasteiger partial charge in [0.25, 0.3) is 5.91 Å². The number of halogens is 3. The fourth-order valence-electron chi connectivity index (χ4n) is 4.80. The van der Waals surface area contributed by atoms with Crippen molar-refractivity contribution in [1.29, 1.82) is 0 Å². The Labute approximate surface area is 194 Å². The molecule has 0 radical (unpaired) electrons. The minimum atomic E-state index is -1.51. The van der Waals surface area contributed by atoms with Crippen molar-refractivity contribution < 1.29 is 27.8 Å². The average molecular weight is 477 g/mol. The van der Waals surface area contributed by atoms with Crippen LogP contribution in [0.2, 0.25) is 0 Å². The number of nitrogens with one attached hydrogen (secondary N) is 1. The van der Waals surface area contributed by atoms with Crippen LogP contribution in [0.4, 0.5) is 30.6 Å². The number of ether oxygens (including phenoxy) is 1. The van der Waals surface area contributed by atoms with Crippen LogP contribution in [0, 0.1) is 23.4 Å². The summed E-state index contributed by atoms with van der Waals surface area (Å²) in [5.41, 5.74) is 0.429. The van der Waals surface area contributed by atoms with Gasteiger partial charge in [-0.25, -0.2) is 18.2 Å². The van der Waals surface area contributed by atoms with Crippen molar-refractivity contribution >= 4 is 23.4 Å². The second kappa shape index (κ2) is 8.30. The minimum absolute atomic E-state index is 0.0426. The molecule has 11 heteroatoms. The highest BCUT2D eigenvalue weighted by atomic mass is 19.2. The van der Waals surface area contributed by atoms with Crippen LogP contribution in [0.15, 0.2) is 12.1 Å². The molecule has 0 bridgehead atoms. The van der Waals surface area contributed by atoms with E-state index >= 15 is 0 Å². The largest absolute Gasteiger partial charge is 0.493 e. The van der Waals surface area contributed by atoms with Gasteiger partial charge in [0.2, 0.25) is 5.95 Å². The Kier molecular flexibility index (Phi) is 5.54. The lowest BCUT2D eigenvalue weighted by molar-refractivity contribution is -0.125. The Morgan fingerprint density at radius 2 is 1.94 bits per heavy atom. The molecule has 1 amide bonds. The standard InChI is InChI=1S/C23H26F3N5O3/c1-23(11-32)21(33)31-5-3-4-17-19(31)20(30(23)2)29-22(28-17)27-13-6-12(7-13)10-34-14-8-15(24)18(26)16(25)9-14/h8-9,12-13,32H,3-7,10-11H2,1-2H3,(H,27,28,29)/t12-,13+,23-/m0/s1. The molecule has 1 aromatic carbocycles. The molecule has 0 saturated heterocycles. The number of anilines is 3. The molecule has 1 aromatic heterocycles. The SMILES string of the molecule is CN1c2nc(N[C@H]3C[C@@H](COc4cc(F)c(F)c(F)c4)C3)nc3c2N(CCC3)C(=O)[C@]1(C)CO. The van der Waals surface area contributed by atoms with Crippen molar-refractivity contribution in [3.05, 3.63) is 35.3 Å². The number of aliphatic hydroxyl groups is 1. The van der Waals surface area contributed by atoms with E-state index < -0.39 is 23.0 Å². The molecular weight excluding hydrogens is 451 g/mol. The van der Waals surface area contributed by atoms with Crippen LogP contribution < -0.4 is 19.9 Å². The molecule has 0 spiro atoms. The van der Waals surface area contributed by atoms with Crippen molar-refractivity contribution in [2.45, 2.75) is 44.2 Å². The summed E-state index contributed by atoms with van der Waals surface area (Å²) in [7, 11) is 1.75. The fourth-order valence-corrected chi connectivity index (χ4v) is 4.80. The molecule has 2 aliphatic heterocycles. The maximum absolute atomic E-state index is 13.3. The van der Waals surface area contributed by atoms with E-state index in [9.17, 15) is 23.1 Å². The van der Waals surface area contributed by atoms with Crippen LogP contribution in [-0.4, -0.2) is 59.4 Å². The van der Waals surface area contributed by atoms with E-state index in [1.807, 2.05) is 0 Å². The molecular formula is C23H26F3N5O3. The highest BCUT2D eigenvalue weighted by molar-refractivity contribution is 6.08. The third-order valence-corrected chi connectivity index (χ3v) is 7.09. The molecule has 3 heterocycles. The summed E-state index contributed by atoms with van der Waals surface area (Å²) in [6, 6.07) is 1.77. The summed E-state index contributed by atoms with van der Waals surface area (Å²) in [5.74, 6) is -3.03. The first-order valence-corrected chi connectivity index (χ1v) is 11.3. The van der Waals surface area contributed by atoms with Gasteiger partial charge in [-0.15, -0.1) is 0 Å². The smallest absolute Gasteiger partial charge is 0.255 e. The highest BCUT2D eigenvalue weighted by Gasteiger charge is 2.49. The van der Waals surface area contributed by atoms with Gasteiger partial charge in [-0.3, -0.25) is 4.79 Å². The van der Waals surface area contributed by atoms with E-state index in [4.69, 9.17) is 4.74 Å². The molecule has 34 heavy (non-hydrogen) atoms. The van der Waals surface area contributed by atoms with Crippen molar-refractivity contribution in [1.82, 2.24) is 9.97 Å². The minimum Gasteiger partial charge on any atom is -0.493 e. The maximum atomic E-state index is 13.3. The van der Waals surface area contributed by atoms with Crippen LogP contribution in [0.1, 0.15) is 31.9 Å². The number of benzene rings is 1. The van der Waals surface area contributed by atoms with Crippen LogP contribution in [0.3, 0.4) is 0 Å². The van der Waals surface area contributed by atoms with E-state index in [2.05, 4.69) is 15.3 Å². The molecule has 3 aliphatic rings. The lowest BCUT2D eigenvalue weighted by atomic mass is 9.81. The first-order chi connectivity index (χ1) is 16.2.